The highest BCUT2D eigenvalue weighted by molar-refractivity contribution is 5.94. The van der Waals surface area contributed by atoms with Crippen molar-refractivity contribution < 1.29 is 9.90 Å². The molecule has 1 amide bonds. The number of nitrogens with zero attached hydrogens (tertiary/aromatic N) is 4. The molecule has 4 heterocycles. The lowest BCUT2D eigenvalue weighted by molar-refractivity contribution is -0.137. The third-order valence-electron chi connectivity index (χ3n) is 4.41. The lowest BCUT2D eigenvalue weighted by Crippen LogP contribution is -2.28. The first-order chi connectivity index (χ1) is 13.0. The van der Waals surface area contributed by atoms with Crippen molar-refractivity contribution in [3.05, 3.63) is 54.7 Å². The zero-order valence-corrected chi connectivity index (χ0v) is 14.8. The van der Waals surface area contributed by atoms with Crippen LogP contribution < -0.4 is 0 Å². The first kappa shape index (κ1) is 16.9. The molecule has 1 unspecified atom stereocenters. The number of rotatable bonds is 4. The lowest BCUT2D eigenvalue weighted by Gasteiger charge is -2.16. The molecule has 0 aliphatic carbocycles. The zero-order chi connectivity index (χ0) is 19.0. The maximum atomic E-state index is 12.0. The van der Waals surface area contributed by atoms with E-state index in [0.29, 0.717) is 5.56 Å². The predicted octanol–water partition coefficient (Wildman–Crippen LogP) is 2.14. The van der Waals surface area contributed by atoms with Crippen LogP contribution in [0.5, 0.6) is 0 Å². The molecule has 8 nitrogen and oxygen atoms in total. The summed E-state index contributed by atoms with van der Waals surface area (Å²) >= 11 is 0. The molecule has 0 spiro atoms. The third kappa shape index (κ3) is 3.06. The zero-order valence-electron chi connectivity index (χ0n) is 14.8. The molecule has 27 heavy (non-hydrogen) atoms. The topological polar surface area (TPSA) is 111 Å². The van der Waals surface area contributed by atoms with Crippen LogP contribution in [0.3, 0.4) is 0 Å². The number of carbonyl (C=O) groups is 1. The van der Waals surface area contributed by atoms with Gasteiger partial charge in [-0.25, -0.2) is 4.98 Å². The van der Waals surface area contributed by atoms with Gasteiger partial charge in [-0.15, -0.1) is 0 Å². The van der Waals surface area contributed by atoms with E-state index in [4.69, 9.17) is 0 Å². The molecule has 8 heteroatoms. The van der Waals surface area contributed by atoms with Gasteiger partial charge in [-0.2, -0.15) is 5.10 Å². The number of aliphatic hydroxyl groups is 1. The van der Waals surface area contributed by atoms with Gasteiger partial charge in [0.15, 0.2) is 6.10 Å². The van der Waals surface area contributed by atoms with Crippen molar-refractivity contribution in [2.24, 2.45) is 0 Å². The van der Waals surface area contributed by atoms with Gasteiger partial charge in [-0.05, 0) is 18.2 Å². The van der Waals surface area contributed by atoms with Crippen molar-refractivity contribution in [1.29, 1.82) is 0 Å². The molecule has 0 aliphatic heterocycles. The molecule has 0 fully saturated rings. The quantitative estimate of drug-likeness (QED) is 0.515. The molecule has 4 aromatic rings. The molecule has 136 valence electrons. The van der Waals surface area contributed by atoms with E-state index >= 15 is 0 Å². The predicted molar refractivity (Wildman–Crippen MR) is 101 cm³/mol. The molecule has 0 aromatic carbocycles. The molecule has 3 N–H and O–H groups in total. The van der Waals surface area contributed by atoms with Crippen LogP contribution >= 0.6 is 0 Å². The van der Waals surface area contributed by atoms with Crippen molar-refractivity contribution in [3.63, 3.8) is 0 Å². The third-order valence-corrected chi connectivity index (χ3v) is 4.41. The molecule has 0 bridgehead atoms. The van der Waals surface area contributed by atoms with E-state index in [1.165, 1.54) is 11.1 Å². The number of aliphatic hydroxyl groups excluding tert-OH is 1. The smallest absolute Gasteiger partial charge is 0.255 e. The highest BCUT2D eigenvalue weighted by Crippen LogP contribution is 2.30. The van der Waals surface area contributed by atoms with E-state index in [-0.39, 0.29) is 0 Å². The van der Waals surface area contributed by atoms with E-state index in [1.807, 2.05) is 18.3 Å². The van der Waals surface area contributed by atoms with Crippen LogP contribution in [-0.2, 0) is 4.79 Å². The van der Waals surface area contributed by atoms with Crippen molar-refractivity contribution >= 4 is 16.9 Å². The Morgan fingerprint density at radius 3 is 2.74 bits per heavy atom. The molecule has 1 atom stereocenters. The Labute approximate surface area is 154 Å². The van der Waals surface area contributed by atoms with Gasteiger partial charge in [0.05, 0.1) is 5.69 Å². The Morgan fingerprint density at radius 1 is 1.19 bits per heavy atom. The summed E-state index contributed by atoms with van der Waals surface area (Å²) in [4.78, 5) is 25.2. The van der Waals surface area contributed by atoms with Crippen molar-refractivity contribution in [2.45, 2.75) is 6.10 Å². The minimum absolute atomic E-state index is 0.394. The van der Waals surface area contributed by atoms with Crippen LogP contribution in [0.15, 0.2) is 49.2 Å². The Morgan fingerprint density at radius 2 is 2.00 bits per heavy atom. The number of aromatic nitrogens is 5. The second kappa shape index (κ2) is 6.65. The van der Waals surface area contributed by atoms with E-state index in [1.54, 1.807) is 38.8 Å². The molecular formula is C19H18N6O2. The maximum Gasteiger partial charge on any atom is 0.255 e. The summed E-state index contributed by atoms with van der Waals surface area (Å²) < 4.78 is 0. The van der Waals surface area contributed by atoms with Crippen LogP contribution in [0.4, 0.5) is 0 Å². The fourth-order valence-electron chi connectivity index (χ4n) is 2.94. The van der Waals surface area contributed by atoms with Crippen molar-refractivity contribution in [1.82, 2.24) is 30.0 Å². The fourth-order valence-corrected chi connectivity index (χ4v) is 2.94. The molecule has 0 radical (unpaired) electrons. The molecule has 0 saturated carbocycles. The monoisotopic (exact) mass is 362 g/mol. The Bertz CT molecular complexity index is 1100. The number of hydrogen-bond acceptors (Lipinski definition) is 5. The highest BCUT2D eigenvalue weighted by atomic mass is 16.3. The van der Waals surface area contributed by atoms with Gasteiger partial charge in [0.25, 0.3) is 5.91 Å². The van der Waals surface area contributed by atoms with Gasteiger partial charge in [0.1, 0.15) is 5.65 Å². The second-order valence-electron chi connectivity index (χ2n) is 6.43. The minimum Gasteiger partial charge on any atom is -0.378 e. The van der Waals surface area contributed by atoms with Gasteiger partial charge < -0.3 is 15.0 Å². The van der Waals surface area contributed by atoms with Crippen LogP contribution in [-0.4, -0.2) is 55.2 Å². The number of hydrogen-bond donors (Lipinski definition) is 3. The van der Waals surface area contributed by atoms with Gasteiger partial charge in [-0.3, -0.25) is 14.9 Å². The second-order valence-corrected chi connectivity index (χ2v) is 6.43. The number of pyridine rings is 2. The summed E-state index contributed by atoms with van der Waals surface area (Å²) in [6.07, 6.45) is 7.23. The van der Waals surface area contributed by atoms with E-state index in [2.05, 4.69) is 25.1 Å². The maximum absolute atomic E-state index is 12.0. The molecule has 4 rings (SSSR count). The fraction of sp³-hybridized carbons (Fsp3) is 0.158. The molecule has 0 saturated heterocycles. The summed E-state index contributed by atoms with van der Waals surface area (Å²) in [5.74, 6) is -0.394. The number of carbonyl (C=O) groups excluding carboxylic acids is 1. The van der Waals surface area contributed by atoms with Gasteiger partial charge in [0, 0.05) is 72.7 Å². The molecule has 0 aliphatic rings. The first-order valence-corrected chi connectivity index (χ1v) is 8.36. The standard InChI is InChI=1S/C19H18N6O2/c1-25(2)19(27)17(26)13-5-11(7-20-8-13)12-6-14-15(16-3-4-23-24-16)10-22-18(14)21-9-12/h3-10,17,26H,1-2H3,(H,21,22)(H,23,24). The number of nitrogens with one attached hydrogen (secondary N) is 2. The summed E-state index contributed by atoms with van der Waals surface area (Å²) in [5.41, 5.74) is 4.65. The highest BCUT2D eigenvalue weighted by Gasteiger charge is 2.20. The van der Waals surface area contributed by atoms with Crippen LogP contribution in [0.2, 0.25) is 0 Å². The Hall–Kier alpha value is -3.52. The van der Waals surface area contributed by atoms with E-state index in [9.17, 15) is 9.90 Å². The summed E-state index contributed by atoms with van der Waals surface area (Å²) in [7, 11) is 3.20. The normalized spacial score (nSPS) is 12.3. The van der Waals surface area contributed by atoms with Crippen molar-refractivity contribution in [3.8, 4) is 22.4 Å². The average Bonchev–Trinajstić information content (AvgIpc) is 3.35. The van der Waals surface area contributed by atoms with Gasteiger partial charge >= 0.3 is 0 Å². The molecular weight excluding hydrogens is 344 g/mol. The minimum atomic E-state index is -1.25. The summed E-state index contributed by atoms with van der Waals surface area (Å²) in [5, 5.41) is 18.2. The number of H-pyrrole nitrogens is 2. The van der Waals surface area contributed by atoms with Gasteiger partial charge in [0.2, 0.25) is 0 Å². The van der Waals surface area contributed by atoms with Crippen LogP contribution in [0, 0.1) is 0 Å². The van der Waals surface area contributed by atoms with E-state index in [0.717, 1.165) is 33.4 Å². The summed E-state index contributed by atoms with van der Waals surface area (Å²) in [6.45, 7) is 0. The van der Waals surface area contributed by atoms with E-state index < -0.39 is 12.0 Å². The van der Waals surface area contributed by atoms with Gasteiger partial charge in [-0.1, -0.05) is 0 Å². The van der Waals surface area contributed by atoms with Crippen LogP contribution in [0.25, 0.3) is 33.4 Å². The Balaban J connectivity index is 1.75. The largest absolute Gasteiger partial charge is 0.378 e. The lowest BCUT2D eigenvalue weighted by atomic mass is 10.0. The number of likely N-dealkylation sites (N-methyl/N-ethyl adjacent to an activating group) is 1. The average molecular weight is 362 g/mol. The number of fused-ring (bicyclic) bond motifs is 1. The molecule has 4 aromatic heterocycles. The number of amides is 1. The first-order valence-electron chi connectivity index (χ1n) is 8.36. The SMILES string of the molecule is CN(C)C(=O)C(O)c1cncc(-c2cnc3[nH]cc(-c4ccn[nH]4)c3c2)c1. The Kier molecular flexibility index (Phi) is 4.17. The number of aromatic amines is 2. The van der Waals surface area contributed by atoms with Crippen LogP contribution in [0.1, 0.15) is 11.7 Å². The summed E-state index contributed by atoms with van der Waals surface area (Å²) in [6, 6.07) is 5.64. The van der Waals surface area contributed by atoms with Crippen molar-refractivity contribution in [2.75, 3.05) is 14.1 Å².